The van der Waals surface area contributed by atoms with Crippen LogP contribution < -0.4 is 5.32 Å². The molecule has 2 rings (SSSR count). The Morgan fingerprint density at radius 2 is 2.17 bits per heavy atom. The maximum Gasteiger partial charge on any atom is 0.257 e. The van der Waals surface area contributed by atoms with Gasteiger partial charge in [-0.25, -0.2) is 4.98 Å². The van der Waals surface area contributed by atoms with Gasteiger partial charge in [0, 0.05) is 11.8 Å². The molecule has 0 fully saturated rings. The molecule has 1 aromatic carbocycles. The zero-order valence-corrected chi connectivity index (χ0v) is 10.4. The number of rotatable bonds is 2. The summed E-state index contributed by atoms with van der Waals surface area (Å²) in [6, 6.07) is 7.87. The maximum absolute atomic E-state index is 12.0. The van der Waals surface area contributed by atoms with Crippen molar-refractivity contribution >= 4 is 23.3 Å². The van der Waals surface area contributed by atoms with Gasteiger partial charge in [-0.1, -0.05) is 11.6 Å². The predicted octanol–water partition coefficient (Wildman–Crippen LogP) is 3.00. The summed E-state index contributed by atoms with van der Waals surface area (Å²) in [6.45, 7) is 1.74. The lowest BCUT2D eigenvalue weighted by molar-refractivity contribution is 0.102. The van der Waals surface area contributed by atoms with Crippen LogP contribution in [0, 0.1) is 6.92 Å². The highest BCUT2D eigenvalue weighted by atomic mass is 35.5. The second-order valence-electron chi connectivity index (χ2n) is 3.79. The number of aryl methyl sites for hydroxylation is 1. The number of anilines is 1. The smallest absolute Gasteiger partial charge is 0.257 e. The first-order valence-electron chi connectivity index (χ1n) is 5.29. The monoisotopic (exact) mass is 262 g/mol. The van der Waals surface area contributed by atoms with Crippen molar-refractivity contribution in [2.45, 2.75) is 6.92 Å². The lowest BCUT2D eigenvalue weighted by Crippen LogP contribution is -2.14. The molecule has 1 aromatic heterocycles. The number of carbonyl (C=O) groups excluding carboxylic acids is 1. The van der Waals surface area contributed by atoms with Crippen molar-refractivity contribution in [1.82, 2.24) is 4.98 Å². The third-order valence-corrected chi connectivity index (χ3v) is 2.75. The quantitative estimate of drug-likeness (QED) is 0.875. The first kappa shape index (κ1) is 12.4. The second-order valence-corrected chi connectivity index (χ2v) is 4.19. The molecule has 0 unspecified atom stereocenters. The minimum atomic E-state index is -0.312. The molecule has 1 amide bonds. The molecular weight excluding hydrogens is 252 g/mol. The Balaban J connectivity index is 2.25. The number of benzene rings is 1. The molecule has 0 aliphatic carbocycles. The highest BCUT2D eigenvalue weighted by Gasteiger charge is 2.11. The molecule has 92 valence electrons. The molecule has 4 nitrogen and oxygen atoms in total. The van der Waals surface area contributed by atoms with Crippen LogP contribution in [0.15, 0.2) is 36.5 Å². The van der Waals surface area contributed by atoms with Crippen LogP contribution >= 0.6 is 11.6 Å². The Labute approximate surface area is 109 Å². The van der Waals surface area contributed by atoms with Gasteiger partial charge in [-0.2, -0.15) is 0 Å². The third kappa shape index (κ3) is 2.60. The van der Waals surface area contributed by atoms with E-state index in [-0.39, 0.29) is 11.7 Å². The van der Waals surface area contributed by atoms with Crippen molar-refractivity contribution in [3.63, 3.8) is 0 Å². The first-order valence-corrected chi connectivity index (χ1v) is 5.67. The molecule has 0 bridgehead atoms. The van der Waals surface area contributed by atoms with E-state index in [0.29, 0.717) is 22.0 Å². The number of carbonyl (C=O) groups is 1. The zero-order chi connectivity index (χ0) is 13.1. The van der Waals surface area contributed by atoms with Gasteiger partial charge in [0.15, 0.2) is 5.82 Å². The summed E-state index contributed by atoms with van der Waals surface area (Å²) in [5, 5.41) is 12.3. The van der Waals surface area contributed by atoms with Crippen LogP contribution in [-0.4, -0.2) is 16.0 Å². The van der Waals surface area contributed by atoms with Crippen LogP contribution in [0.25, 0.3) is 0 Å². The molecule has 0 saturated heterocycles. The number of hydrogen-bond acceptors (Lipinski definition) is 3. The van der Waals surface area contributed by atoms with E-state index < -0.39 is 0 Å². The normalized spacial score (nSPS) is 10.1. The fourth-order valence-corrected chi connectivity index (χ4v) is 1.72. The van der Waals surface area contributed by atoms with Crippen LogP contribution in [-0.2, 0) is 0 Å². The molecule has 0 atom stereocenters. The summed E-state index contributed by atoms with van der Waals surface area (Å²) < 4.78 is 0. The molecule has 0 saturated carbocycles. The summed E-state index contributed by atoms with van der Waals surface area (Å²) in [6.07, 6.45) is 1.55. The Kier molecular flexibility index (Phi) is 3.48. The lowest BCUT2D eigenvalue weighted by Gasteiger charge is -2.08. The largest absolute Gasteiger partial charge is 0.508 e. The van der Waals surface area contributed by atoms with Gasteiger partial charge in [0.2, 0.25) is 0 Å². The van der Waals surface area contributed by atoms with Crippen molar-refractivity contribution in [1.29, 1.82) is 0 Å². The number of nitrogens with zero attached hydrogens (tertiary/aromatic N) is 1. The van der Waals surface area contributed by atoms with Crippen LogP contribution in [0.5, 0.6) is 5.75 Å². The minimum absolute atomic E-state index is 0.125. The number of amides is 1. The van der Waals surface area contributed by atoms with E-state index in [2.05, 4.69) is 10.3 Å². The summed E-state index contributed by atoms with van der Waals surface area (Å²) in [4.78, 5) is 16.0. The van der Waals surface area contributed by atoms with Gasteiger partial charge in [-0.3, -0.25) is 4.79 Å². The van der Waals surface area contributed by atoms with Crippen LogP contribution in [0.3, 0.4) is 0 Å². The summed E-state index contributed by atoms with van der Waals surface area (Å²) in [7, 11) is 0. The van der Waals surface area contributed by atoms with Crippen molar-refractivity contribution < 1.29 is 9.90 Å². The van der Waals surface area contributed by atoms with Crippen LogP contribution in [0.2, 0.25) is 5.02 Å². The number of phenols is 1. The van der Waals surface area contributed by atoms with E-state index in [1.165, 1.54) is 12.1 Å². The number of pyridine rings is 1. The van der Waals surface area contributed by atoms with Crippen LogP contribution in [0.4, 0.5) is 5.82 Å². The standard InChI is InChI=1S/C13H11ClN2O2/c1-8-7-9(17)4-5-10(8)13(18)16-12-11(14)3-2-6-15-12/h2-7,17H,1H3,(H,15,16,18). The topological polar surface area (TPSA) is 62.2 Å². The van der Waals surface area contributed by atoms with Gasteiger partial charge in [-0.15, -0.1) is 0 Å². The number of aromatic nitrogens is 1. The number of hydrogen-bond donors (Lipinski definition) is 2. The number of phenolic OH excluding ortho intramolecular Hbond substituents is 1. The SMILES string of the molecule is Cc1cc(O)ccc1C(=O)Nc1ncccc1Cl. The van der Waals surface area contributed by atoms with Crippen LogP contribution in [0.1, 0.15) is 15.9 Å². The number of halogens is 1. The van der Waals surface area contributed by atoms with E-state index in [0.717, 1.165) is 0 Å². The summed E-state index contributed by atoms with van der Waals surface area (Å²) in [5.41, 5.74) is 1.15. The average Bonchev–Trinajstić information content (AvgIpc) is 2.32. The van der Waals surface area contributed by atoms with Crippen molar-refractivity contribution in [2.75, 3.05) is 5.32 Å². The highest BCUT2D eigenvalue weighted by Crippen LogP contribution is 2.20. The molecule has 0 spiro atoms. The van der Waals surface area contributed by atoms with E-state index in [4.69, 9.17) is 11.6 Å². The summed E-state index contributed by atoms with van der Waals surface area (Å²) >= 11 is 5.90. The minimum Gasteiger partial charge on any atom is -0.508 e. The molecular formula is C13H11ClN2O2. The van der Waals surface area contributed by atoms with Gasteiger partial charge in [0.05, 0.1) is 5.02 Å². The Morgan fingerprint density at radius 1 is 1.39 bits per heavy atom. The fraction of sp³-hybridized carbons (Fsp3) is 0.0769. The Morgan fingerprint density at radius 3 is 2.83 bits per heavy atom. The first-order chi connectivity index (χ1) is 8.58. The Hall–Kier alpha value is -2.07. The van der Waals surface area contributed by atoms with Gasteiger partial charge in [0.1, 0.15) is 5.75 Å². The van der Waals surface area contributed by atoms with Gasteiger partial charge >= 0.3 is 0 Å². The Bertz CT molecular complexity index is 599. The number of nitrogens with one attached hydrogen (secondary N) is 1. The molecule has 2 aromatic rings. The molecule has 0 radical (unpaired) electrons. The fourth-order valence-electron chi connectivity index (χ4n) is 1.56. The lowest BCUT2D eigenvalue weighted by atomic mass is 10.1. The van der Waals surface area contributed by atoms with Crippen molar-refractivity contribution in [3.05, 3.63) is 52.7 Å². The van der Waals surface area contributed by atoms with Crippen molar-refractivity contribution in [2.24, 2.45) is 0 Å². The second kappa shape index (κ2) is 5.06. The van der Waals surface area contributed by atoms with E-state index >= 15 is 0 Å². The van der Waals surface area contributed by atoms with Crippen molar-refractivity contribution in [3.8, 4) is 5.75 Å². The molecule has 2 N–H and O–H groups in total. The zero-order valence-electron chi connectivity index (χ0n) is 9.64. The van der Waals surface area contributed by atoms with Gasteiger partial charge in [-0.05, 0) is 42.8 Å². The maximum atomic E-state index is 12.0. The molecule has 5 heteroatoms. The molecule has 0 aliphatic heterocycles. The van der Waals surface area contributed by atoms with E-state index in [1.54, 1.807) is 31.3 Å². The predicted molar refractivity (Wildman–Crippen MR) is 70.0 cm³/mol. The summed E-state index contributed by atoms with van der Waals surface area (Å²) in [5.74, 6) is 0.129. The highest BCUT2D eigenvalue weighted by molar-refractivity contribution is 6.33. The third-order valence-electron chi connectivity index (χ3n) is 2.45. The molecule has 0 aliphatic rings. The average molecular weight is 263 g/mol. The van der Waals surface area contributed by atoms with E-state index in [1.807, 2.05) is 0 Å². The van der Waals surface area contributed by atoms with Gasteiger partial charge < -0.3 is 10.4 Å². The van der Waals surface area contributed by atoms with Gasteiger partial charge in [0.25, 0.3) is 5.91 Å². The number of aromatic hydroxyl groups is 1. The molecule has 1 heterocycles. The van der Waals surface area contributed by atoms with E-state index in [9.17, 15) is 9.90 Å². The molecule has 18 heavy (non-hydrogen) atoms.